The minimum absolute atomic E-state index is 0.0367. The number of phosphoric ester groups is 1. The van der Waals surface area contributed by atoms with E-state index < -0.39 is 20.0 Å². The van der Waals surface area contributed by atoms with Crippen molar-refractivity contribution in [1.82, 2.24) is 5.32 Å². The summed E-state index contributed by atoms with van der Waals surface area (Å²) in [6.45, 7) is 6.87. The fourth-order valence-electron chi connectivity index (χ4n) is 8.41. The molecule has 0 aliphatic carbocycles. The maximum Gasteiger partial charge on any atom is 0.472 e. The van der Waals surface area contributed by atoms with Crippen LogP contribution in [0.3, 0.4) is 0 Å². The number of hydrogen-bond donors (Lipinski definition) is 2. The van der Waals surface area contributed by atoms with Crippen molar-refractivity contribution in [3.63, 3.8) is 0 Å². The minimum atomic E-state index is -4.45. The molecule has 9 nitrogen and oxygen atoms in total. The second-order valence-electron chi connectivity index (χ2n) is 21.2. The number of likely N-dealkylation sites (N-methyl/N-ethyl adjacent to an activating group) is 1. The molecule has 0 saturated heterocycles. The van der Waals surface area contributed by atoms with Crippen molar-refractivity contribution in [1.29, 1.82) is 0 Å². The summed E-state index contributed by atoms with van der Waals surface area (Å²) in [7, 11) is 1.49. The molecule has 0 radical (unpaired) electrons. The average Bonchev–Trinajstić information content (AvgIpc) is 3.33. The second-order valence-corrected chi connectivity index (χ2v) is 22.7. The van der Waals surface area contributed by atoms with E-state index in [0.29, 0.717) is 17.4 Å². The topological polar surface area (TPSA) is 111 Å². The number of ether oxygens (including phenoxy) is 1. The van der Waals surface area contributed by atoms with Gasteiger partial charge >= 0.3 is 13.8 Å². The molecule has 10 heteroatoms. The lowest BCUT2D eigenvalue weighted by Gasteiger charge is -2.27. The van der Waals surface area contributed by atoms with Gasteiger partial charge in [-0.2, -0.15) is 0 Å². The Morgan fingerprint density at radius 3 is 1.38 bits per heavy atom. The van der Waals surface area contributed by atoms with Gasteiger partial charge in [0.25, 0.3) is 0 Å². The van der Waals surface area contributed by atoms with Gasteiger partial charge in [0.1, 0.15) is 19.3 Å². The Balaban J connectivity index is 5.26. The van der Waals surface area contributed by atoms with Gasteiger partial charge in [-0.15, -0.1) is 0 Å². The summed E-state index contributed by atoms with van der Waals surface area (Å²) >= 11 is 0. The first kappa shape index (κ1) is 68.7. The molecule has 3 atom stereocenters. The molecule has 414 valence electrons. The molecule has 0 aliphatic heterocycles. The molecule has 0 rings (SSSR count). The van der Waals surface area contributed by atoms with Crippen LogP contribution in [0.1, 0.15) is 265 Å². The van der Waals surface area contributed by atoms with Crippen molar-refractivity contribution >= 4 is 19.7 Å². The van der Waals surface area contributed by atoms with Crippen LogP contribution in [0.15, 0.2) is 60.8 Å². The van der Waals surface area contributed by atoms with E-state index >= 15 is 0 Å². The summed E-state index contributed by atoms with van der Waals surface area (Å²) in [5, 5.41) is 3.05. The van der Waals surface area contributed by atoms with E-state index in [-0.39, 0.29) is 31.5 Å². The largest absolute Gasteiger partial charge is 0.472 e. The first-order chi connectivity index (χ1) is 34.4. The quantitative estimate of drug-likeness (QED) is 0.0156. The molecule has 0 fully saturated rings. The fraction of sp³-hybridized carbons (Fsp3) is 0.803. The maximum absolute atomic E-state index is 13.5. The molecule has 0 aromatic rings. The van der Waals surface area contributed by atoms with Crippen LogP contribution in [0.25, 0.3) is 0 Å². The lowest BCUT2D eigenvalue weighted by atomic mass is 10.0. The van der Waals surface area contributed by atoms with Crippen molar-refractivity contribution in [2.45, 2.75) is 277 Å². The molecule has 0 spiro atoms. The molecule has 71 heavy (non-hydrogen) atoms. The van der Waals surface area contributed by atoms with Crippen LogP contribution >= 0.6 is 7.82 Å². The summed E-state index contributed by atoms with van der Waals surface area (Å²) in [6, 6.07) is -0.854. The number of carbonyl (C=O) groups excluding carboxylic acids is 2. The van der Waals surface area contributed by atoms with E-state index in [1.54, 1.807) is 0 Å². The van der Waals surface area contributed by atoms with Crippen LogP contribution < -0.4 is 5.32 Å². The van der Waals surface area contributed by atoms with Crippen LogP contribution in [0, 0.1) is 0 Å². The molecule has 1 amide bonds. The lowest BCUT2D eigenvalue weighted by molar-refractivity contribution is -0.870. The predicted molar refractivity (Wildman–Crippen MR) is 305 cm³/mol. The van der Waals surface area contributed by atoms with Gasteiger partial charge in [0.15, 0.2) is 0 Å². The Bertz CT molecular complexity index is 1400. The van der Waals surface area contributed by atoms with Gasteiger partial charge in [0, 0.05) is 12.8 Å². The standard InChI is InChI=1S/C61H113N2O7P/c1-7-10-13-16-19-22-25-27-29-30-31-32-34-35-38-41-44-47-50-53-60(64)62-58(57-69-71(66,67)68-56-55-63(4,5)6)59(52-49-46-43-40-37-24-21-18-15-12-9-3)70-61(65)54-51-48-45-42-39-36-33-28-26-23-20-17-14-11-8-2/h11,14,17,20,23,26-27,29,49,52,58-59H,7-10,12-13,15-16,18-19,21-22,24-25,28,30-48,50-51,53-57H2,1-6H3,(H-,62,64,66,67)/p+1/b14-11+,20-17+,26-23+,29-27+,52-49-. The van der Waals surface area contributed by atoms with Gasteiger partial charge in [0.2, 0.25) is 5.91 Å². The zero-order valence-electron chi connectivity index (χ0n) is 47.2. The zero-order valence-corrected chi connectivity index (χ0v) is 48.1. The summed E-state index contributed by atoms with van der Waals surface area (Å²) in [4.78, 5) is 37.6. The van der Waals surface area contributed by atoms with Crippen molar-refractivity contribution in [3.8, 4) is 0 Å². The first-order valence-corrected chi connectivity index (χ1v) is 31.1. The van der Waals surface area contributed by atoms with Crippen molar-refractivity contribution in [3.05, 3.63) is 60.8 Å². The first-order valence-electron chi connectivity index (χ1n) is 29.6. The predicted octanol–water partition coefficient (Wildman–Crippen LogP) is 17.9. The highest BCUT2D eigenvalue weighted by molar-refractivity contribution is 7.47. The molecule has 0 heterocycles. The number of phosphoric acid groups is 1. The Hall–Kier alpha value is -2.29. The number of nitrogens with zero attached hydrogens (tertiary/aromatic N) is 1. The molecule has 0 aromatic carbocycles. The van der Waals surface area contributed by atoms with Gasteiger partial charge in [-0.05, 0) is 76.7 Å². The van der Waals surface area contributed by atoms with Crippen LogP contribution in [-0.4, -0.2) is 74.3 Å². The van der Waals surface area contributed by atoms with Crippen LogP contribution in [0.2, 0.25) is 0 Å². The Morgan fingerprint density at radius 1 is 0.507 bits per heavy atom. The van der Waals surface area contributed by atoms with Crippen LogP contribution in [0.5, 0.6) is 0 Å². The third kappa shape index (κ3) is 52.4. The molecular weight excluding hydrogens is 904 g/mol. The van der Waals surface area contributed by atoms with E-state index in [1.807, 2.05) is 33.3 Å². The average molecular weight is 1020 g/mol. The van der Waals surface area contributed by atoms with E-state index in [2.05, 4.69) is 74.7 Å². The zero-order chi connectivity index (χ0) is 52.2. The molecule has 3 unspecified atom stereocenters. The number of esters is 1. The number of hydrogen-bond acceptors (Lipinski definition) is 6. The van der Waals surface area contributed by atoms with Crippen molar-refractivity contribution in [2.24, 2.45) is 0 Å². The Labute approximate surface area is 439 Å². The summed E-state index contributed by atoms with van der Waals surface area (Å²) in [5.41, 5.74) is 0. The van der Waals surface area contributed by atoms with Gasteiger partial charge < -0.3 is 19.4 Å². The van der Waals surface area contributed by atoms with E-state index in [0.717, 1.165) is 77.0 Å². The van der Waals surface area contributed by atoms with E-state index in [4.69, 9.17) is 13.8 Å². The fourth-order valence-corrected chi connectivity index (χ4v) is 9.14. The van der Waals surface area contributed by atoms with Crippen LogP contribution in [0.4, 0.5) is 0 Å². The number of quaternary nitrogens is 1. The number of allylic oxidation sites excluding steroid dienone is 9. The molecule has 2 N–H and O–H groups in total. The van der Waals surface area contributed by atoms with Crippen LogP contribution in [-0.2, 0) is 27.9 Å². The van der Waals surface area contributed by atoms with Crippen molar-refractivity contribution < 1.29 is 37.3 Å². The normalized spacial score (nSPS) is 14.2. The number of amides is 1. The second kappa shape index (κ2) is 51.2. The number of carbonyl (C=O) groups is 2. The van der Waals surface area contributed by atoms with Crippen molar-refractivity contribution in [2.75, 3.05) is 40.9 Å². The molecule has 0 bridgehead atoms. The number of nitrogens with one attached hydrogen (secondary N) is 1. The van der Waals surface area contributed by atoms with Gasteiger partial charge in [0.05, 0.1) is 33.8 Å². The Kier molecular flexibility index (Phi) is 49.6. The van der Waals surface area contributed by atoms with Gasteiger partial charge in [-0.25, -0.2) is 4.57 Å². The summed E-state index contributed by atoms with van der Waals surface area (Å²) in [6.07, 6.45) is 63.6. The highest BCUT2D eigenvalue weighted by Gasteiger charge is 2.30. The maximum atomic E-state index is 13.5. The third-order valence-corrected chi connectivity index (χ3v) is 14.0. The highest BCUT2D eigenvalue weighted by atomic mass is 31.2. The highest BCUT2D eigenvalue weighted by Crippen LogP contribution is 2.43. The minimum Gasteiger partial charge on any atom is -0.456 e. The summed E-state index contributed by atoms with van der Waals surface area (Å²) in [5.74, 6) is -0.519. The van der Waals surface area contributed by atoms with Gasteiger partial charge in [-0.3, -0.25) is 18.6 Å². The molecule has 0 aromatic heterocycles. The smallest absolute Gasteiger partial charge is 0.456 e. The molecule has 0 aliphatic rings. The van der Waals surface area contributed by atoms with E-state index in [9.17, 15) is 19.0 Å². The lowest BCUT2D eigenvalue weighted by Crippen LogP contribution is -2.47. The Morgan fingerprint density at radius 2 is 0.915 bits per heavy atom. The molecular formula is C61H114N2O7P+. The van der Waals surface area contributed by atoms with Gasteiger partial charge in [-0.1, -0.05) is 236 Å². The molecule has 0 saturated carbocycles. The summed E-state index contributed by atoms with van der Waals surface area (Å²) < 4.78 is 30.6. The number of rotatable bonds is 53. The van der Waals surface area contributed by atoms with E-state index in [1.165, 1.54) is 154 Å². The monoisotopic (exact) mass is 1020 g/mol. The third-order valence-electron chi connectivity index (χ3n) is 13.0. The SMILES string of the molecule is CC/C=C/C=C/C=C/CCCCCCCCCC(=O)OC(/C=C\CCCCCCCCCCC)C(COP(=O)(O)OCC[N+](C)(C)C)NC(=O)CCCCCCCCCCC/C=C/CCCCCCCC. The number of unbranched alkanes of at least 4 members (excludes halogenated alkanes) is 31.